The van der Waals surface area contributed by atoms with Crippen molar-refractivity contribution in [3.05, 3.63) is 35.4 Å². The highest BCUT2D eigenvalue weighted by Gasteiger charge is 2.17. The second-order valence-corrected chi connectivity index (χ2v) is 5.55. The number of esters is 1. The first-order chi connectivity index (χ1) is 8.40. The third kappa shape index (κ3) is 4.52. The Morgan fingerprint density at radius 2 is 1.61 bits per heavy atom. The maximum absolute atomic E-state index is 11.8. The van der Waals surface area contributed by atoms with Gasteiger partial charge in [-0.15, -0.1) is 0 Å². The van der Waals surface area contributed by atoms with E-state index in [1.54, 1.807) is 0 Å². The summed E-state index contributed by atoms with van der Waals surface area (Å²) in [5, 5.41) is 0. The van der Waals surface area contributed by atoms with Crippen LogP contribution in [0.3, 0.4) is 0 Å². The molecule has 0 amide bonds. The molecule has 1 aromatic rings. The number of carbonyl (C=O) groups is 1. The molecule has 2 heteroatoms. The third-order valence-corrected chi connectivity index (χ3v) is 2.83. The molecule has 1 atom stereocenters. The largest absolute Gasteiger partial charge is 0.463 e. The zero-order valence-corrected chi connectivity index (χ0v) is 12.1. The molecular formula is C16H24O2. The molecule has 2 nitrogen and oxygen atoms in total. The summed E-state index contributed by atoms with van der Waals surface area (Å²) in [6, 6.07) is 8.27. The predicted molar refractivity (Wildman–Crippen MR) is 74.6 cm³/mol. The zero-order chi connectivity index (χ0) is 13.7. The number of hydrogen-bond donors (Lipinski definition) is 0. The molecule has 1 aromatic carbocycles. The van der Waals surface area contributed by atoms with E-state index >= 15 is 0 Å². The maximum atomic E-state index is 11.8. The quantitative estimate of drug-likeness (QED) is 0.738. The van der Waals surface area contributed by atoms with Crippen LogP contribution >= 0.6 is 0 Å². The fourth-order valence-electron chi connectivity index (χ4n) is 1.88. The molecule has 0 aliphatic heterocycles. The second-order valence-electron chi connectivity index (χ2n) is 5.55. The number of rotatable bonds is 5. The lowest BCUT2D eigenvalue weighted by Gasteiger charge is -2.14. The first-order valence-electron chi connectivity index (χ1n) is 6.69. The van der Waals surface area contributed by atoms with Gasteiger partial charge in [-0.05, 0) is 44.2 Å². The van der Waals surface area contributed by atoms with Gasteiger partial charge in [-0.1, -0.05) is 38.1 Å². The van der Waals surface area contributed by atoms with Crippen molar-refractivity contribution in [1.29, 1.82) is 0 Å². The SMILES string of the molecule is CC(C)Cc1ccc([C@H](C)C(=O)OC(C)C)cc1. The minimum Gasteiger partial charge on any atom is -0.463 e. The van der Waals surface area contributed by atoms with Crippen molar-refractivity contribution >= 4 is 5.97 Å². The van der Waals surface area contributed by atoms with Crippen molar-refractivity contribution in [3.63, 3.8) is 0 Å². The Morgan fingerprint density at radius 3 is 2.06 bits per heavy atom. The highest BCUT2D eigenvalue weighted by Crippen LogP contribution is 2.19. The molecule has 0 aromatic heterocycles. The van der Waals surface area contributed by atoms with Gasteiger partial charge in [0.05, 0.1) is 12.0 Å². The first kappa shape index (κ1) is 14.7. The van der Waals surface area contributed by atoms with Crippen molar-refractivity contribution in [1.82, 2.24) is 0 Å². The second kappa shape index (κ2) is 6.58. The molecule has 0 heterocycles. The van der Waals surface area contributed by atoms with Crippen LogP contribution in [0.5, 0.6) is 0 Å². The van der Waals surface area contributed by atoms with Crippen molar-refractivity contribution < 1.29 is 9.53 Å². The Hall–Kier alpha value is -1.31. The number of carbonyl (C=O) groups excluding carboxylic acids is 1. The van der Waals surface area contributed by atoms with Crippen LogP contribution in [0.15, 0.2) is 24.3 Å². The topological polar surface area (TPSA) is 26.3 Å². The van der Waals surface area contributed by atoms with Gasteiger partial charge in [-0.3, -0.25) is 4.79 Å². The molecule has 0 unspecified atom stereocenters. The van der Waals surface area contributed by atoms with Crippen molar-refractivity contribution in [3.8, 4) is 0 Å². The maximum Gasteiger partial charge on any atom is 0.313 e. The van der Waals surface area contributed by atoms with Gasteiger partial charge in [0.1, 0.15) is 0 Å². The molecule has 0 fully saturated rings. The van der Waals surface area contributed by atoms with Crippen LogP contribution in [-0.4, -0.2) is 12.1 Å². The minimum atomic E-state index is -0.194. The van der Waals surface area contributed by atoms with Crippen LogP contribution in [-0.2, 0) is 16.0 Å². The van der Waals surface area contributed by atoms with Crippen LogP contribution < -0.4 is 0 Å². The lowest BCUT2D eigenvalue weighted by atomic mass is 9.97. The summed E-state index contributed by atoms with van der Waals surface area (Å²) in [4.78, 5) is 11.8. The lowest BCUT2D eigenvalue weighted by Crippen LogP contribution is -2.17. The number of hydrogen-bond acceptors (Lipinski definition) is 2. The fourth-order valence-corrected chi connectivity index (χ4v) is 1.88. The molecule has 0 N–H and O–H groups in total. The van der Waals surface area contributed by atoms with Gasteiger partial charge in [0.25, 0.3) is 0 Å². The van der Waals surface area contributed by atoms with Gasteiger partial charge in [0.15, 0.2) is 0 Å². The molecule has 0 saturated carbocycles. The van der Waals surface area contributed by atoms with Gasteiger partial charge in [-0.25, -0.2) is 0 Å². The summed E-state index contributed by atoms with van der Waals surface area (Å²) in [5.74, 6) is 0.307. The molecule has 0 saturated heterocycles. The first-order valence-corrected chi connectivity index (χ1v) is 6.69. The van der Waals surface area contributed by atoms with Crippen LogP contribution in [0.1, 0.15) is 51.7 Å². The van der Waals surface area contributed by atoms with Crippen LogP contribution in [0.25, 0.3) is 0 Å². The average Bonchev–Trinajstić information content (AvgIpc) is 2.27. The molecule has 0 aliphatic rings. The number of benzene rings is 1. The van der Waals surface area contributed by atoms with E-state index in [4.69, 9.17) is 4.74 Å². The van der Waals surface area contributed by atoms with E-state index in [2.05, 4.69) is 26.0 Å². The summed E-state index contributed by atoms with van der Waals surface area (Å²) in [7, 11) is 0. The molecular weight excluding hydrogens is 224 g/mol. The van der Waals surface area contributed by atoms with Gasteiger partial charge in [0, 0.05) is 0 Å². The molecule has 0 aliphatic carbocycles. The third-order valence-electron chi connectivity index (χ3n) is 2.83. The van der Waals surface area contributed by atoms with Crippen molar-refractivity contribution in [2.45, 2.75) is 53.1 Å². The monoisotopic (exact) mass is 248 g/mol. The van der Waals surface area contributed by atoms with E-state index in [1.165, 1.54) is 5.56 Å². The summed E-state index contributed by atoms with van der Waals surface area (Å²) in [6.45, 7) is 10.0. The van der Waals surface area contributed by atoms with Gasteiger partial charge in [-0.2, -0.15) is 0 Å². The molecule has 18 heavy (non-hydrogen) atoms. The molecule has 100 valence electrons. The minimum absolute atomic E-state index is 0.0554. The Kier molecular flexibility index (Phi) is 5.39. The van der Waals surface area contributed by atoms with Gasteiger partial charge < -0.3 is 4.74 Å². The smallest absolute Gasteiger partial charge is 0.313 e. The zero-order valence-electron chi connectivity index (χ0n) is 12.1. The van der Waals surface area contributed by atoms with Gasteiger partial charge in [0.2, 0.25) is 0 Å². The Morgan fingerprint density at radius 1 is 1.06 bits per heavy atom. The Labute approximate surface area is 110 Å². The Balaban J connectivity index is 2.69. The summed E-state index contributed by atoms with van der Waals surface area (Å²) < 4.78 is 5.22. The van der Waals surface area contributed by atoms with E-state index in [-0.39, 0.29) is 18.0 Å². The van der Waals surface area contributed by atoms with Crippen LogP contribution in [0.4, 0.5) is 0 Å². The lowest BCUT2D eigenvalue weighted by molar-refractivity contribution is -0.148. The molecule has 0 spiro atoms. The number of ether oxygens (including phenoxy) is 1. The molecule has 0 bridgehead atoms. The summed E-state index contributed by atoms with van der Waals surface area (Å²) >= 11 is 0. The highest BCUT2D eigenvalue weighted by molar-refractivity contribution is 5.77. The van der Waals surface area contributed by atoms with Crippen LogP contribution in [0.2, 0.25) is 0 Å². The van der Waals surface area contributed by atoms with Crippen molar-refractivity contribution in [2.24, 2.45) is 5.92 Å². The summed E-state index contributed by atoms with van der Waals surface area (Å²) in [5.41, 5.74) is 2.34. The molecule has 1 rings (SSSR count). The van der Waals surface area contributed by atoms with E-state index in [0.29, 0.717) is 5.92 Å². The summed E-state index contributed by atoms with van der Waals surface area (Å²) in [6.07, 6.45) is 1.02. The van der Waals surface area contributed by atoms with E-state index in [9.17, 15) is 4.79 Å². The normalized spacial score (nSPS) is 12.8. The fraction of sp³-hybridized carbons (Fsp3) is 0.562. The highest BCUT2D eigenvalue weighted by atomic mass is 16.5. The average molecular weight is 248 g/mol. The standard InChI is InChI=1S/C16H24O2/c1-11(2)10-14-6-8-15(9-7-14)13(5)16(17)18-12(3)4/h6-9,11-13H,10H2,1-5H3/t13-/m0/s1. The van der Waals surface area contributed by atoms with Gasteiger partial charge >= 0.3 is 5.97 Å². The van der Waals surface area contributed by atoms with E-state index < -0.39 is 0 Å². The van der Waals surface area contributed by atoms with Crippen LogP contribution in [0, 0.1) is 5.92 Å². The van der Waals surface area contributed by atoms with E-state index in [0.717, 1.165) is 12.0 Å². The predicted octanol–water partition coefficient (Wildman–Crippen LogP) is 3.94. The molecule has 0 radical (unpaired) electrons. The Bertz CT molecular complexity index is 377. The van der Waals surface area contributed by atoms with Crippen molar-refractivity contribution in [2.75, 3.05) is 0 Å². The van der Waals surface area contributed by atoms with E-state index in [1.807, 2.05) is 32.9 Å².